The summed E-state index contributed by atoms with van der Waals surface area (Å²) in [4.78, 5) is 0. The Morgan fingerprint density at radius 1 is 0.760 bits per heavy atom. The van der Waals surface area contributed by atoms with Crippen molar-refractivity contribution in [1.29, 1.82) is 0 Å². The van der Waals surface area contributed by atoms with Gasteiger partial charge in [-0.05, 0) is 25.7 Å². The summed E-state index contributed by atoms with van der Waals surface area (Å²) in [5, 5.41) is 9.14. The third-order valence-corrected chi connectivity index (χ3v) is 6.20. The Bertz CT molecular complexity index is 374. The fourth-order valence-electron chi connectivity index (χ4n) is 3.14. The molecule has 2 atom stereocenters. The third kappa shape index (κ3) is 18.0. The topological polar surface area (TPSA) is 77.4 Å². The predicted molar refractivity (Wildman–Crippen MR) is 100 cm³/mol. The van der Waals surface area contributed by atoms with Crippen LogP contribution in [0.25, 0.3) is 0 Å². The zero-order valence-corrected chi connectivity index (χ0v) is 19.7. The van der Waals surface area contributed by atoms with Gasteiger partial charge in [0.25, 0.3) is 0 Å². The van der Waals surface area contributed by atoms with Crippen molar-refractivity contribution in [2.24, 2.45) is 0 Å². The molecular weight excluding hydrogens is 347 g/mol. The molecule has 0 fully saturated rings. The van der Waals surface area contributed by atoms with Crippen molar-refractivity contribution in [3.63, 3.8) is 0 Å². The van der Waals surface area contributed by atoms with E-state index in [0.717, 1.165) is 44.9 Å². The molecule has 1 N–H and O–H groups in total. The van der Waals surface area contributed by atoms with E-state index >= 15 is 0 Å². The number of hydrogen-bond donors (Lipinski definition) is 1. The summed E-state index contributed by atoms with van der Waals surface area (Å²) < 4.78 is 32.9. The van der Waals surface area contributed by atoms with Crippen LogP contribution >= 0.6 is 0 Å². The van der Waals surface area contributed by atoms with E-state index in [1.54, 1.807) is 6.92 Å². The Kier molecular flexibility index (Phi) is 20.5. The average molecular weight is 387 g/mol. The van der Waals surface area contributed by atoms with Crippen LogP contribution in [0.5, 0.6) is 0 Å². The van der Waals surface area contributed by atoms with Gasteiger partial charge in [0.05, 0.1) is 16.2 Å². The van der Waals surface area contributed by atoms with Crippen molar-refractivity contribution in [2.45, 2.75) is 122 Å². The third-order valence-electron chi connectivity index (χ3n) is 4.82. The molecule has 0 radical (unpaired) electrons. The second kappa shape index (κ2) is 18.2. The van der Waals surface area contributed by atoms with Gasteiger partial charge < -0.3 is 9.66 Å². The maximum Gasteiger partial charge on any atom is 1.00 e. The first-order valence-electron chi connectivity index (χ1n) is 10.0. The molecule has 4 nitrogen and oxygen atoms in total. The van der Waals surface area contributed by atoms with Crippen molar-refractivity contribution < 1.29 is 47.6 Å². The van der Waals surface area contributed by atoms with Crippen LogP contribution in [0, 0.1) is 0 Å². The van der Waals surface area contributed by atoms with Crippen LogP contribution in [0.1, 0.15) is 110 Å². The first-order valence-corrected chi connectivity index (χ1v) is 11.5. The standard InChI is InChI=1S/C19H40O4S.Na/c1-3-5-12-15-18(20)16-13-10-8-6-7-9-11-14-17-19(4-2)24(21,22)23;/h18-20H,3-17H2,1-2H3,(H,21,22,23);/q;+1/p-1. The molecule has 0 bridgehead atoms. The van der Waals surface area contributed by atoms with Crippen LogP contribution in [-0.4, -0.2) is 29.4 Å². The van der Waals surface area contributed by atoms with Crippen LogP contribution in [0.2, 0.25) is 0 Å². The van der Waals surface area contributed by atoms with Crippen molar-refractivity contribution in [1.82, 2.24) is 0 Å². The second-order valence-corrected chi connectivity index (χ2v) is 8.73. The fraction of sp³-hybridized carbons (Fsp3) is 1.00. The summed E-state index contributed by atoms with van der Waals surface area (Å²) in [6, 6.07) is 0. The number of rotatable bonds is 17. The van der Waals surface area contributed by atoms with Crippen molar-refractivity contribution in [3.8, 4) is 0 Å². The molecule has 0 saturated carbocycles. The SMILES string of the molecule is CCCCCC(O)CCCCCCCCCCC(CC)S(=O)(=O)[O-].[Na+]. The molecule has 6 heteroatoms. The largest absolute Gasteiger partial charge is 1.00 e. The summed E-state index contributed by atoms with van der Waals surface area (Å²) >= 11 is 0. The molecule has 0 aliphatic carbocycles. The monoisotopic (exact) mass is 386 g/mol. The van der Waals surface area contributed by atoms with E-state index in [1.807, 2.05) is 0 Å². The van der Waals surface area contributed by atoms with Gasteiger partial charge in [0.2, 0.25) is 0 Å². The normalized spacial score (nSPS) is 14.1. The Morgan fingerprint density at radius 3 is 1.56 bits per heavy atom. The van der Waals surface area contributed by atoms with Gasteiger partial charge in [0.15, 0.2) is 0 Å². The Hall–Kier alpha value is 0.870. The smallest absolute Gasteiger partial charge is 0.748 e. The van der Waals surface area contributed by atoms with Crippen molar-refractivity contribution >= 4 is 10.1 Å². The Balaban J connectivity index is 0. The molecule has 0 aliphatic heterocycles. The quantitative estimate of drug-likeness (QED) is 0.236. The van der Waals surface area contributed by atoms with Gasteiger partial charge in [-0.3, -0.25) is 0 Å². The molecule has 0 heterocycles. The first kappa shape index (κ1) is 28.1. The van der Waals surface area contributed by atoms with Gasteiger partial charge in [-0.25, -0.2) is 8.42 Å². The summed E-state index contributed by atoms with van der Waals surface area (Å²) in [5.74, 6) is 0. The molecule has 2 unspecified atom stereocenters. The molecule has 0 aromatic carbocycles. The minimum Gasteiger partial charge on any atom is -0.748 e. The van der Waals surface area contributed by atoms with Crippen molar-refractivity contribution in [3.05, 3.63) is 0 Å². The van der Waals surface area contributed by atoms with Gasteiger partial charge >= 0.3 is 29.6 Å². The van der Waals surface area contributed by atoms with Crippen molar-refractivity contribution in [2.75, 3.05) is 0 Å². The molecule has 0 aromatic rings. The molecule has 0 saturated heterocycles. The minimum atomic E-state index is -4.11. The van der Waals surface area contributed by atoms with Crippen LogP contribution < -0.4 is 29.6 Å². The molecule has 0 amide bonds. The summed E-state index contributed by atoms with van der Waals surface area (Å²) in [7, 11) is -4.11. The molecule has 25 heavy (non-hydrogen) atoms. The van der Waals surface area contributed by atoms with E-state index < -0.39 is 15.4 Å². The Labute approximate surface area is 178 Å². The van der Waals surface area contributed by atoms with Gasteiger partial charge in [0.1, 0.15) is 0 Å². The fourth-order valence-corrected chi connectivity index (χ4v) is 4.00. The van der Waals surface area contributed by atoms with Crippen LogP contribution in [0.15, 0.2) is 0 Å². The van der Waals surface area contributed by atoms with Crippen LogP contribution in [-0.2, 0) is 10.1 Å². The zero-order valence-electron chi connectivity index (χ0n) is 16.8. The van der Waals surface area contributed by atoms with Gasteiger partial charge in [0, 0.05) is 5.25 Å². The van der Waals surface area contributed by atoms with Gasteiger partial charge in [-0.15, -0.1) is 0 Å². The average Bonchev–Trinajstić information content (AvgIpc) is 2.51. The van der Waals surface area contributed by atoms with Crippen LogP contribution in [0.3, 0.4) is 0 Å². The summed E-state index contributed by atoms with van der Waals surface area (Å²) in [6.07, 6.45) is 15.2. The maximum absolute atomic E-state index is 11.0. The number of unbranched alkanes of at least 4 members (excludes halogenated alkanes) is 9. The summed E-state index contributed by atoms with van der Waals surface area (Å²) in [5.41, 5.74) is 0. The van der Waals surface area contributed by atoms with E-state index in [2.05, 4.69) is 6.92 Å². The van der Waals surface area contributed by atoms with E-state index in [0.29, 0.717) is 12.8 Å². The number of aliphatic hydroxyl groups is 1. The second-order valence-electron chi connectivity index (χ2n) is 7.08. The molecule has 0 aromatic heterocycles. The van der Waals surface area contributed by atoms with Gasteiger partial charge in [-0.1, -0.05) is 84.5 Å². The van der Waals surface area contributed by atoms with E-state index in [9.17, 15) is 18.1 Å². The van der Waals surface area contributed by atoms with Gasteiger partial charge in [-0.2, -0.15) is 0 Å². The number of aliphatic hydroxyl groups excluding tert-OH is 1. The number of hydrogen-bond acceptors (Lipinski definition) is 4. The zero-order chi connectivity index (χ0) is 18.3. The first-order chi connectivity index (χ1) is 11.4. The molecule has 0 aliphatic rings. The molecule has 0 rings (SSSR count). The molecular formula is C19H39NaO4S. The molecule has 146 valence electrons. The maximum atomic E-state index is 11.0. The molecule has 0 spiro atoms. The van der Waals surface area contributed by atoms with E-state index in [1.165, 1.54) is 38.5 Å². The summed E-state index contributed by atoms with van der Waals surface area (Å²) in [6.45, 7) is 3.95. The predicted octanol–water partition coefficient (Wildman–Crippen LogP) is 2.16. The van der Waals surface area contributed by atoms with E-state index in [4.69, 9.17) is 0 Å². The van der Waals surface area contributed by atoms with E-state index in [-0.39, 0.29) is 35.7 Å². The Morgan fingerprint density at radius 2 is 1.16 bits per heavy atom. The van der Waals surface area contributed by atoms with Crippen LogP contribution in [0.4, 0.5) is 0 Å². The minimum absolute atomic E-state index is 0.